The molecule has 100 valence electrons. The molecule has 1 heterocycles. The van der Waals surface area contributed by atoms with Gasteiger partial charge in [0, 0.05) is 25.2 Å². The summed E-state index contributed by atoms with van der Waals surface area (Å²) in [5.41, 5.74) is 4.15. The first-order valence-electron chi connectivity index (χ1n) is 6.35. The van der Waals surface area contributed by atoms with Gasteiger partial charge in [0.15, 0.2) is 0 Å². The van der Waals surface area contributed by atoms with E-state index in [-0.39, 0.29) is 0 Å². The van der Waals surface area contributed by atoms with Crippen LogP contribution in [0, 0.1) is 0 Å². The molecule has 0 N–H and O–H groups in total. The highest BCUT2D eigenvalue weighted by molar-refractivity contribution is 7.81. The molecule has 0 aliphatic carbocycles. The normalized spacial score (nSPS) is 14.5. The van der Waals surface area contributed by atoms with E-state index in [0.717, 1.165) is 32.5 Å². The first kappa shape index (κ1) is 13.2. The minimum Gasteiger partial charge on any atom is -0.335 e. The number of hydrogen-bond donors (Lipinski definition) is 0. The summed E-state index contributed by atoms with van der Waals surface area (Å²) in [6.45, 7) is 0. The lowest BCUT2D eigenvalue weighted by Crippen LogP contribution is -2.35. The van der Waals surface area contributed by atoms with Crippen LogP contribution in [0.25, 0.3) is 0 Å². The summed E-state index contributed by atoms with van der Waals surface area (Å²) in [4.78, 5) is 5.68. The van der Waals surface area contributed by atoms with Gasteiger partial charge in [0.2, 0.25) is 0 Å². The lowest BCUT2D eigenvalue weighted by molar-refractivity contribution is 1.22. The van der Waals surface area contributed by atoms with Crippen LogP contribution in [0.5, 0.6) is 0 Å². The number of benzene rings is 2. The molecule has 20 heavy (non-hydrogen) atoms. The molecular weight excluding hydrogens is 284 g/mol. The van der Waals surface area contributed by atoms with Gasteiger partial charge in [0.25, 0.3) is 0 Å². The number of para-hydroxylation sites is 2. The summed E-state index contributed by atoms with van der Waals surface area (Å²) in [7, 11) is 3.98. The van der Waals surface area contributed by atoms with Gasteiger partial charge in [-0.15, -0.1) is 0 Å². The maximum Gasteiger partial charge on any atom is 0.115 e. The van der Waals surface area contributed by atoms with Crippen molar-refractivity contribution in [1.29, 1.82) is 0 Å². The van der Waals surface area contributed by atoms with E-state index < -0.39 is 0 Å². The number of fused-ring (bicyclic) bond motifs is 2. The van der Waals surface area contributed by atoms with Crippen molar-refractivity contribution in [3.8, 4) is 0 Å². The predicted molar refractivity (Wildman–Crippen MR) is 93.1 cm³/mol. The first-order valence-corrected chi connectivity index (χ1v) is 7.17. The van der Waals surface area contributed by atoms with Crippen molar-refractivity contribution in [3.63, 3.8) is 0 Å². The van der Waals surface area contributed by atoms with Crippen LogP contribution in [-0.4, -0.2) is 24.1 Å². The molecule has 2 aromatic carbocycles. The van der Waals surface area contributed by atoms with Crippen LogP contribution in [0.3, 0.4) is 0 Å². The fraction of sp³-hybridized carbons (Fsp3) is 0.125. The van der Waals surface area contributed by atoms with E-state index in [9.17, 15) is 0 Å². The van der Waals surface area contributed by atoms with Gasteiger partial charge in [0.05, 0.1) is 11.4 Å². The maximum absolute atomic E-state index is 5.65. The largest absolute Gasteiger partial charge is 0.335 e. The second kappa shape index (κ2) is 4.96. The van der Waals surface area contributed by atoms with Gasteiger partial charge in [-0.1, -0.05) is 48.7 Å². The molecule has 0 amide bonds. The molecule has 0 saturated heterocycles. The average Bonchev–Trinajstić information content (AvgIpc) is 2.51. The van der Waals surface area contributed by atoms with Gasteiger partial charge in [-0.25, -0.2) is 0 Å². The van der Waals surface area contributed by atoms with E-state index >= 15 is 0 Å². The Morgan fingerprint density at radius 2 is 1.00 bits per heavy atom. The molecule has 1 aliphatic heterocycles. The van der Waals surface area contributed by atoms with Crippen LogP contribution < -0.4 is 9.80 Å². The molecule has 0 aromatic heterocycles. The SMILES string of the molecule is CN1C(=S)c2ccccc2N(C)C(=S)c2ccccc21. The van der Waals surface area contributed by atoms with Crippen LogP contribution in [0.2, 0.25) is 0 Å². The first-order chi connectivity index (χ1) is 9.61. The second-order valence-corrected chi connectivity index (χ2v) is 5.54. The highest BCUT2D eigenvalue weighted by atomic mass is 32.1. The van der Waals surface area contributed by atoms with Crippen LogP contribution >= 0.6 is 24.4 Å². The Labute approximate surface area is 129 Å². The standard InChI is InChI=1S/C16H14N2S2/c1-17-13-9-5-3-7-11(13)16(20)18(2)14-10-6-4-8-12(14)15(17)19/h3-10H,1-2H3. The summed E-state index contributed by atoms with van der Waals surface area (Å²) in [6, 6.07) is 16.2. The molecule has 2 nitrogen and oxygen atoms in total. The van der Waals surface area contributed by atoms with Crippen LogP contribution in [-0.2, 0) is 0 Å². The number of anilines is 2. The molecule has 4 heteroatoms. The van der Waals surface area contributed by atoms with Crippen molar-refractivity contribution < 1.29 is 0 Å². The van der Waals surface area contributed by atoms with Crippen molar-refractivity contribution in [2.24, 2.45) is 0 Å². The van der Waals surface area contributed by atoms with Crippen molar-refractivity contribution >= 4 is 45.8 Å². The third-order valence-corrected chi connectivity index (χ3v) is 4.59. The Morgan fingerprint density at radius 1 is 0.650 bits per heavy atom. The predicted octanol–water partition coefficient (Wildman–Crippen LogP) is 3.62. The molecule has 0 atom stereocenters. The molecule has 0 radical (unpaired) electrons. The Balaban J connectivity index is 2.28. The molecular formula is C16H14N2S2. The molecule has 0 bridgehead atoms. The molecule has 0 spiro atoms. The van der Waals surface area contributed by atoms with Crippen LogP contribution in [0.15, 0.2) is 48.5 Å². The third-order valence-electron chi connectivity index (χ3n) is 3.60. The van der Waals surface area contributed by atoms with Gasteiger partial charge in [-0.3, -0.25) is 0 Å². The molecule has 0 unspecified atom stereocenters. The monoisotopic (exact) mass is 298 g/mol. The van der Waals surface area contributed by atoms with Crippen molar-refractivity contribution in [2.45, 2.75) is 0 Å². The fourth-order valence-corrected chi connectivity index (χ4v) is 3.02. The Kier molecular flexibility index (Phi) is 3.28. The quantitative estimate of drug-likeness (QED) is 0.685. The van der Waals surface area contributed by atoms with E-state index in [1.165, 1.54) is 0 Å². The van der Waals surface area contributed by atoms with Gasteiger partial charge in [0.1, 0.15) is 9.98 Å². The lowest BCUT2D eigenvalue weighted by atomic mass is 10.1. The zero-order chi connectivity index (χ0) is 14.3. The zero-order valence-corrected chi connectivity index (χ0v) is 13.0. The molecule has 1 aliphatic rings. The Hall–Kier alpha value is -1.78. The summed E-state index contributed by atoms with van der Waals surface area (Å²) in [5.74, 6) is 0. The van der Waals surface area contributed by atoms with Crippen LogP contribution in [0.4, 0.5) is 11.4 Å². The Bertz CT molecular complexity index is 648. The number of nitrogens with zero attached hydrogens (tertiary/aromatic N) is 2. The Morgan fingerprint density at radius 3 is 1.40 bits per heavy atom. The van der Waals surface area contributed by atoms with Gasteiger partial charge in [-0.05, 0) is 24.3 Å². The van der Waals surface area contributed by atoms with E-state index in [0.29, 0.717) is 0 Å². The number of hydrogen-bond acceptors (Lipinski definition) is 2. The van der Waals surface area contributed by atoms with Crippen molar-refractivity contribution in [1.82, 2.24) is 0 Å². The second-order valence-electron chi connectivity index (χ2n) is 4.76. The highest BCUT2D eigenvalue weighted by Crippen LogP contribution is 2.31. The minimum absolute atomic E-state index is 0.808. The van der Waals surface area contributed by atoms with Gasteiger partial charge < -0.3 is 9.80 Å². The summed E-state index contributed by atoms with van der Waals surface area (Å²) in [5, 5.41) is 0. The summed E-state index contributed by atoms with van der Waals surface area (Å²) in [6.07, 6.45) is 0. The molecule has 0 fully saturated rings. The maximum atomic E-state index is 5.65. The zero-order valence-electron chi connectivity index (χ0n) is 11.3. The average molecular weight is 298 g/mol. The number of thiocarbonyl (C=S) groups is 2. The van der Waals surface area contributed by atoms with E-state index in [1.807, 2.05) is 60.3 Å². The number of rotatable bonds is 0. The van der Waals surface area contributed by atoms with E-state index in [2.05, 4.69) is 12.1 Å². The topological polar surface area (TPSA) is 6.48 Å². The van der Waals surface area contributed by atoms with Gasteiger partial charge >= 0.3 is 0 Å². The van der Waals surface area contributed by atoms with Crippen LogP contribution in [0.1, 0.15) is 11.1 Å². The van der Waals surface area contributed by atoms with E-state index in [4.69, 9.17) is 24.4 Å². The third kappa shape index (κ3) is 1.92. The summed E-state index contributed by atoms with van der Waals surface area (Å²) >= 11 is 11.3. The molecule has 0 saturated carbocycles. The molecule has 3 rings (SSSR count). The van der Waals surface area contributed by atoms with Crippen molar-refractivity contribution in [2.75, 3.05) is 23.9 Å². The minimum atomic E-state index is 0.808. The van der Waals surface area contributed by atoms with Gasteiger partial charge in [-0.2, -0.15) is 0 Å². The molecule has 2 aromatic rings. The van der Waals surface area contributed by atoms with E-state index in [1.54, 1.807) is 0 Å². The summed E-state index contributed by atoms with van der Waals surface area (Å²) < 4.78 is 0. The highest BCUT2D eigenvalue weighted by Gasteiger charge is 2.24. The smallest absolute Gasteiger partial charge is 0.115 e. The van der Waals surface area contributed by atoms with Crippen molar-refractivity contribution in [3.05, 3.63) is 59.7 Å². The fourth-order valence-electron chi connectivity index (χ4n) is 2.47. The lowest BCUT2D eigenvalue weighted by Gasteiger charge is -2.32.